The molecule has 2 heterocycles. The number of benzene rings is 1. The van der Waals surface area contributed by atoms with Gasteiger partial charge in [0.1, 0.15) is 0 Å². The number of aryl methyl sites for hydroxylation is 1. The number of rotatable bonds is 1. The van der Waals surface area contributed by atoms with Crippen molar-refractivity contribution in [2.45, 2.75) is 32.6 Å². The minimum absolute atomic E-state index is 0. The smallest absolute Gasteiger partial charge is 0.254 e. The van der Waals surface area contributed by atoms with E-state index in [9.17, 15) is 4.79 Å². The Balaban J connectivity index is 0.00000161. The topological polar surface area (TPSA) is 32.3 Å². The van der Waals surface area contributed by atoms with Crippen LogP contribution in [0.25, 0.3) is 0 Å². The summed E-state index contributed by atoms with van der Waals surface area (Å²) in [6.07, 6.45) is 4.90. The number of carbonyl (C=O) groups excluding carboxylic acids is 1. The number of carbonyl (C=O) groups is 1. The first-order valence-corrected chi connectivity index (χ1v) is 7.76. The van der Waals surface area contributed by atoms with E-state index < -0.39 is 0 Å². The molecule has 4 heteroatoms. The molecule has 1 spiro atoms. The summed E-state index contributed by atoms with van der Waals surface area (Å²) in [5.74, 6) is 0.215. The van der Waals surface area contributed by atoms with Crippen LogP contribution in [0.15, 0.2) is 24.3 Å². The molecule has 1 aromatic rings. The number of halogens is 1. The molecular weight excluding hydrogens is 284 g/mol. The first-order chi connectivity index (χ1) is 9.70. The summed E-state index contributed by atoms with van der Waals surface area (Å²) in [5, 5.41) is 3.44. The fourth-order valence-electron chi connectivity index (χ4n) is 3.62. The third-order valence-electron chi connectivity index (χ3n) is 5.15. The van der Waals surface area contributed by atoms with Gasteiger partial charge in [0.15, 0.2) is 0 Å². The van der Waals surface area contributed by atoms with E-state index in [0.717, 1.165) is 37.3 Å². The van der Waals surface area contributed by atoms with E-state index in [1.807, 2.05) is 31.2 Å². The van der Waals surface area contributed by atoms with E-state index in [2.05, 4.69) is 10.2 Å². The lowest BCUT2D eigenvalue weighted by atomic mass is 9.71. The van der Waals surface area contributed by atoms with E-state index in [1.165, 1.54) is 25.7 Å². The van der Waals surface area contributed by atoms with E-state index in [4.69, 9.17) is 0 Å². The normalized spacial score (nSPS) is 20.9. The number of amides is 1. The van der Waals surface area contributed by atoms with Gasteiger partial charge in [0.25, 0.3) is 5.91 Å². The maximum atomic E-state index is 12.6. The maximum absolute atomic E-state index is 12.6. The molecule has 116 valence electrons. The molecular formula is C17H25ClN2O. The molecule has 2 fully saturated rings. The van der Waals surface area contributed by atoms with Crippen LogP contribution in [0.1, 0.15) is 41.6 Å². The van der Waals surface area contributed by atoms with Gasteiger partial charge in [-0.3, -0.25) is 4.79 Å². The Hall–Kier alpha value is -1.06. The molecule has 0 radical (unpaired) electrons. The zero-order chi connectivity index (χ0) is 14.0. The molecule has 1 amide bonds. The van der Waals surface area contributed by atoms with Gasteiger partial charge in [-0.2, -0.15) is 0 Å². The van der Waals surface area contributed by atoms with Crippen LogP contribution < -0.4 is 5.32 Å². The highest BCUT2D eigenvalue weighted by Gasteiger charge is 2.36. The van der Waals surface area contributed by atoms with Gasteiger partial charge in [0.05, 0.1) is 0 Å². The van der Waals surface area contributed by atoms with Gasteiger partial charge in [-0.1, -0.05) is 18.2 Å². The second kappa shape index (κ2) is 6.80. The Labute approximate surface area is 133 Å². The Morgan fingerprint density at radius 1 is 1.10 bits per heavy atom. The number of hydrogen-bond acceptors (Lipinski definition) is 2. The van der Waals surface area contributed by atoms with E-state index >= 15 is 0 Å². The molecule has 0 bridgehead atoms. The van der Waals surface area contributed by atoms with Gasteiger partial charge in [-0.25, -0.2) is 0 Å². The number of hydrogen-bond donors (Lipinski definition) is 1. The largest absolute Gasteiger partial charge is 0.339 e. The molecule has 0 unspecified atom stereocenters. The highest BCUT2D eigenvalue weighted by molar-refractivity contribution is 5.95. The first-order valence-electron chi connectivity index (χ1n) is 7.76. The van der Waals surface area contributed by atoms with Crippen LogP contribution in [-0.2, 0) is 0 Å². The second-order valence-corrected chi connectivity index (χ2v) is 6.36. The van der Waals surface area contributed by atoms with Crippen LogP contribution in [0.2, 0.25) is 0 Å². The SMILES string of the molecule is Cc1ccccc1C(=O)N1CCC2(CCNCC2)CC1.Cl. The van der Waals surface area contributed by atoms with Crippen molar-refractivity contribution in [2.24, 2.45) is 5.41 Å². The summed E-state index contributed by atoms with van der Waals surface area (Å²) in [6, 6.07) is 7.92. The van der Waals surface area contributed by atoms with Crippen molar-refractivity contribution in [3.05, 3.63) is 35.4 Å². The molecule has 0 saturated carbocycles. The lowest BCUT2D eigenvalue weighted by Crippen LogP contribution is -2.47. The minimum Gasteiger partial charge on any atom is -0.339 e. The monoisotopic (exact) mass is 308 g/mol. The lowest BCUT2D eigenvalue weighted by molar-refractivity contribution is 0.0495. The zero-order valence-electron chi connectivity index (χ0n) is 12.7. The van der Waals surface area contributed by atoms with Gasteiger partial charge in [0, 0.05) is 18.7 Å². The highest BCUT2D eigenvalue weighted by Crippen LogP contribution is 2.39. The Morgan fingerprint density at radius 2 is 1.71 bits per heavy atom. The van der Waals surface area contributed by atoms with Gasteiger partial charge in [-0.15, -0.1) is 12.4 Å². The summed E-state index contributed by atoms with van der Waals surface area (Å²) in [5.41, 5.74) is 2.46. The molecule has 2 aliphatic rings. The molecule has 3 nitrogen and oxygen atoms in total. The number of nitrogens with zero attached hydrogens (tertiary/aromatic N) is 1. The minimum atomic E-state index is 0. The van der Waals surface area contributed by atoms with Gasteiger partial charge in [-0.05, 0) is 62.7 Å². The Morgan fingerprint density at radius 3 is 2.33 bits per heavy atom. The molecule has 0 atom stereocenters. The summed E-state index contributed by atoms with van der Waals surface area (Å²) < 4.78 is 0. The van der Waals surface area contributed by atoms with Crippen LogP contribution in [0, 0.1) is 12.3 Å². The quantitative estimate of drug-likeness (QED) is 0.865. The van der Waals surface area contributed by atoms with Crippen molar-refractivity contribution < 1.29 is 4.79 Å². The summed E-state index contributed by atoms with van der Waals surface area (Å²) >= 11 is 0. The lowest BCUT2D eigenvalue weighted by Gasteiger charge is -2.44. The van der Waals surface area contributed by atoms with Crippen LogP contribution in [0.5, 0.6) is 0 Å². The van der Waals surface area contributed by atoms with Crippen LogP contribution in [-0.4, -0.2) is 37.0 Å². The first kappa shape index (κ1) is 16.3. The number of nitrogens with one attached hydrogen (secondary N) is 1. The average molecular weight is 309 g/mol. The summed E-state index contributed by atoms with van der Waals surface area (Å²) in [4.78, 5) is 14.7. The highest BCUT2D eigenvalue weighted by atomic mass is 35.5. The van der Waals surface area contributed by atoms with E-state index in [-0.39, 0.29) is 18.3 Å². The van der Waals surface area contributed by atoms with Gasteiger partial charge in [0.2, 0.25) is 0 Å². The molecule has 0 aromatic heterocycles. The number of likely N-dealkylation sites (tertiary alicyclic amines) is 1. The van der Waals surface area contributed by atoms with Crippen LogP contribution in [0.3, 0.4) is 0 Å². The third-order valence-corrected chi connectivity index (χ3v) is 5.15. The fourth-order valence-corrected chi connectivity index (χ4v) is 3.62. The van der Waals surface area contributed by atoms with Crippen molar-refractivity contribution >= 4 is 18.3 Å². The summed E-state index contributed by atoms with van der Waals surface area (Å²) in [7, 11) is 0. The molecule has 0 aliphatic carbocycles. The van der Waals surface area contributed by atoms with Gasteiger partial charge < -0.3 is 10.2 Å². The molecule has 2 saturated heterocycles. The van der Waals surface area contributed by atoms with E-state index in [1.54, 1.807) is 0 Å². The van der Waals surface area contributed by atoms with Crippen molar-refractivity contribution in [1.29, 1.82) is 0 Å². The molecule has 2 aliphatic heterocycles. The Kier molecular flexibility index (Phi) is 5.28. The fraction of sp³-hybridized carbons (Fsp3) is 0.588. The predicted octanol–water partition coefficient (Wildman–Crippen LogP) is 3.02. The average Bonchev–Trinajstić information content (AvgIpc) is 2.49. The predicted molar refractivity (Wildman–Crippen MR) is 88.1 cm³/mol. The van der Waals surface area contributed by atoms with Crippen molar-refractivity contribution in [3.63, 3.8) is 0 Å². The standard InChI is InChI=1S/C17H24N2O.ClH/c1-14-4-2-3-5-15(14)16(20)19-12-8-17(9-13-19)6-10-18-11-7-17;/h2-5,18H,6-13H2,1H3;1H. The van der Waals surface area contributed by atoms with Crippen molar-refractivity contribution in [2.75, 3.05) is 26.2 Å². The maximum Gasteiger partial charge on any atom is 0.254 e. The van der Waals surface area contributed by atoms with Crippen LogP contribution >= 0.6 is 12.4 Å². The Bertz CT molecular complexity index is 487. The van der Waals surface area contributed by atoms with Crippen molar-refractivity contribution in [3.8, 4) is 0 Å². The molecule has 21 heavy (non-hydrogen) atoms. The zero-order valence-corrected chi connectivity index (χ0v) is 13.5. The van der Waals surface area contributed by atoms with Crippen molar-refractivity contribution in [1.82, 2.24) is 10.2 Å². The molecule has 3 rings (SSSR count). The molecule has 1 aromatic carbocycles. The van der Waals surface area contributed by atoms with Crippen LogP contribution in [0.4, 0.5) is 0 Å². The number of piperidine rings is 2. The third kappa shape index (κ3) is 3.41. The second-order valence-electron chi connectivity index (χ2n) is 6.36. The van der Waals surface area contributed by atoms with Gasteiger partial charge >= 0.3 is 0 Å². The summed E-state index contributed by atoms with van der Waals surface area (Å²) in [6.45, 7) is 6.16. The molecule has 1 N–H and O–H groups in total. The van der Waals surface area contributed by atoms with E-state index in [0.29, 0.717) is 5.41 Å².